The normalized spacial score (nSPS) is 25.5. The molecule has 0 bridgehead atoms. The van der Waals surface area contributed by atoms with E-state index in [4.69, 9.17) is 4.74 Å². The highest BCUT2D eigenvalue weighted by molar-refractivity contribution is 7.88. The fraction of sp³-hybridized carbons (Fsp3) is 0.909. The smallest absolute Gasteiger partial charge is 0.317 e. The van der Waals surface area contributed by atoms with E-state index in [0.717, 1.165) is 19.4 Å². The minimum atomic E-state index is -3.15. The molecule has 110 valence electrons. The SMILES string of the molecule is CS(=O)(=O)N1CCN(C(=O)NC[C@H]2CCCO2)CC1. The zero-order valence-electron chi connectivity index (χ0n) is 11.2. The Kier molecular flexibility index (Phi) is 4.64. The Labute approximate surface area is 113 Å². The van der Waals surface area contributed by atoms with E-state index in [1.165, 1.54) is 10.6 Å². The van der Waals surface area contributed by atoms with Gasteiger partial charge in [-0.3, -0.25) is 0 Å². The number of hydrogen-bond donors (Lipinski definition) is 1. The standard InChI is InChI=1S/C11H21N3O4S/c1-19(16,17)14-6-4-13(5-7-14)11(15)12-9-10-3-2-8-18-10/h10H,2-9H2,1H3,(H,12,15)/t10-/m1/s1. The van der Waals surface area contributed by atoms with Gasteiger partial charge in [0.25, 0.3) is 0 Å². The zero-order valence-corrected chi connectivity index (χ0v) is 12.0. The first-order valence-corrected chi connectivity index (χ1v) is 8.41. The molecule has 0 aromatic carbocycles. The van der Waals surface area contributed by atoms with Crippen LogP contribution in [0.2, 0.25) is 0 Å². The molecule has 0 spiro atoms. The van der Waals surface area contributed by atoms with Gasteiger partial charge in [0.2, 0.25) is 10.0 Å². The summed E-state index contributed by atoms with van der Waals surface area (Å²) >= 11 is 0. The summed E-state index contributed by atoms with van der Waals surface area (Å²) in [6, 6.07) is -0.136. The summed E-state index contributed by atoms with van der Waals surface area (Å²) in [6.07, 6.45) is 3.36. The van der Waals surface area contributed by atoms with Gasteiger partial charge in [0.05, 0.1) is 12.4 Å². The zero-order chi connectivity index (χ0) is 13.9. The maximum Gasteiger partial charge on any atom is 0.317 e. The molecule has 7 nitrogen and oxygen atoms in total. The van der Waals surface area contributed by atoms with Gasteiger partial charge in [-0.2, -0.15) is 4.31 Å². The van der Waals surface area contributed by atoms with Crippen molar-refractivity contribution in [3.63, 3.8) is 0 Å². The first-order chi connectivity index (χ1) is 8.97. The summed E-state index contributed by atoms with van der Waals surface area (Å²) in [5, 5.41) is 2.84. The largest absolute Gasteiger partial charge is 0.376 e. The van der Waals surface area contributed by atoms with Crippen molar-refractivity contribution in [2.75, 3.05) is 45.6 Å². The fourth-order valence-electron chi connectivity index (χ4n) is 2.34. The lowest BCUT2D eigenvalue weighted by Crippen LogP contribution is -2.53. The molecule has 2 rings (SSSR count). The van der Waals surface area contributed by atoms with Crippen LogP contribution in [0.25, 0.3) is 0 Å². The highest BCUT2D eigenvalue weighted by Crippen LogP contribution is 2.11. The quantitative estimate of drug-likeness (QED) is 0.757. The van der Waals surface area contributed by atoms with Gasteiger partial charge in [-0.1, -0.05) is 0 Å². The number of sulfonamides is 1. The summed E-state index contributed by atoms with van der Waals surface area (Å²) in [7, 11) is -3.15. The number of carbonyl (C=O) groups is 1. The molecule has 0 unspecified atom stereocenters. The van der Waals surface area contributed by atoms with Gasteiger partial charge in [-0.25, -0.2) is 13.2 Å². The third-order valence-electron chi connectivity index (χ3n) is 3.50. The van der Waals surface area contributed by atoms with Gasteiger partial charge < -0.3 is 15.0 Å². The molecule has 2 fully saturated rings. The molecule has 8 heteroatoms. The molecule has 0 aromatic heterocycles. The number of urea groups is 1. The maximum absolute atomic E-state index is 11.9. The average Bonchev–Trinajstić information content (AvgIpc) is 2.88. The Morgan fingerprint density at radius 3 is 2.53 bits per heavy atom. The van der Waals surface area contributed by atoms with Crippen LogP contribution >= 0.6 is 0 Å². The number of hydrogen-bond acceptors (Lipinski definition) is 4. The molecule has 0 aromatic rings. The van der Waals surface area contributed by atoms with E-state index < -0.39 is 10.0 Å². The third kappa shape index (κ3) is 4.05. The van der Waals surface area contributed by atoms with Crippen molar-refractivity contribution in [1.82, 2.24) is 14.5 Å². The first-order valence-electron chi connectivity index (χ1n) is 6.56. The molecule has 0 aliphatic carbocycles. The molecule has 19 heavy (non-hydrogen) atoms. The summed E-state index contributed by atoms with van der Waals surface area (Å²) in [5.74, 6) is 0. The summed E-state index contributed by atoms with van der Waals surface area (Å²) in [6.45, 7) is 2.91. The van der Waals surface area contributed by atoms with E-state index in [-0.39, 0.29) is 12.1 Å². The van der Waals surface area contributed by atoms with Gasteiger partial charge in [0.15, 0.2) is 0 Å². The lowest BCUT2D eigenvalue weighted by molar-refractivity contribution is 0.107. The molecule has 2 heterocycles. The average molecular weight is 291 g/mol. The highest BCUT2D eigenvalue weighted by atomic mass is 32.2. The molecular weight excluding hydrogens is 270 g/mol. The highest BCUT2D eigenvalue weighted by Gasteiger charge is 2.26. The van der Waals surface area contributed by atoms with Gasteiger partial charge >= 0.3 is 6.03 Å². The number of rotatable bonds is 3. The molecular formula is C11H21N3O4S. The lowest BCUT2D eigenvalue weighted by Gasteiger charge is -2.33. The molecule has 1 N–H and O–H groups in total. The number of piperazine rings is 1. The van der Waals surface area contributed by atoms with Gasteiger partial charge in [-0.15, -0.1) is 0 Å². The van der Waals surface area contributed by atoms with E-state index in [2.05, 4.69) is 5.32 Å². The molecule has 2 amide bonds. The topological polar surface area (TPSA) is 79.0 Å². The van der Waals surface area contributed by atoms with Crippen molar-refractivity contribution < 1.29 is 17.9 Å². The molecule has 2 aliphatic heterocycles. The summed E-state index contributed by atoms with van der Waals surface area (Å²) in [5.41, 5.74) is 0. The van der Waals surface area contributed by atoms with E-state index in [0.29, 0.717) is 32.7 Å². The van der Waals surface area contributed by atoms with Crippen LogP contribution in [-0.2, 0) is 14.8 Å². The Bertz CT molecular complexity index is 412. The lowest BCUT2D eigenvalue weighted by atomic mass is 10.2. The van der Waals surface area contributed by atoms with Gasteiger partial charge in [0.1, 0.15) is 0 Å². The summed E-state index contributed by atoms with van der Waals surface area (Å²) < 4.78 is 29.5. The monoisotopic (exact) mass is 291 g/mol. The van der Waals surface area contributed by atoms with Crippen LogP contribution in [0.1, 0.15) is 12.8 Å². The number of nitrogens with one attached hydrogen (secondary N) is 1. The van der Waals surface area contributed by atoms with Crippen LogP contribution in [0, 0.1) is 0 Å². The van der Waals surface area contributed by atoms with Crippen molar-refractivity contribution in [3.05, 3.63) is 0 Å². The first kappa shape index (κ1) is 14.5. The number of carbonyl (C=O) groups excluding carboxylic acids is 1. The fourth-order valence-corrected chi connectivity index (χ4v) is 3.17. The van der Waals surface area contributed by atoms with Crippen LogP contribution in [-0.4, -0.2) is 75.3 Å². The van der Waals surface area contributed by atoms with Crippen LogP contribution in [0.4, 0.5) is 4.79 Å². The Morgan fingerprint density at radius 2 is 2.00 bits per heavy atom. The number of ether oxygens (including phenoxy) is 1. The van der Waals surface area contributed by atoms with E-state index in [9.17, 15) is 13.2 Å². The molecule has 1 atom stereocenters. The van der Waals surface area contributed by atoms with Crippen LogP contribution in [0.15, 0.2) is 0 Å². The van der Waals surface area contributed by atoms with Crippen molar-refractivity contribution >= 4 is 16.1 Å². The van der Waals surface area contributed by atoms with E-state index in [1.807, 2.05) is 0 Å². The molecule has 2 saturated heterocycles. The van der Waals surface area contributed by atoms with Crippen molar-refractivity contribution in [2.45, 2.75) is 18.9 Å². The van der Waals surface area contributed by atoms with Gasteiger partial charge in [-0.05, 0) is 12.8 Å². The van der Waals surface area contributed by atoms with Crippen LogP contribution in [0.5, 0.6) is 0 Å². The Morgan fingerprint density at radius 1 is 1.32 bits per heavy atom. The Balaban J connectivity index is 1.73. The van der Waals surface area contributed by atoms with Crippen molar-refractivity contribution in [2.24, 2.45) is 0 Å². The number of amides is 2. The van der Waals surface area contributed by atoms with Gasteiger partial charge in [0, 0.05) is 39.3 Å². The number of nitrogens with zero attached hydrogens (tertiary/aromatic N) is 2. The van der Waals surface area contributed by atoms with Crippen LogP contribution in [0.3, 0.4) is 0 Å². The van der Waals surface area contributed by atoms with Crippen LogP contribution < -0.4 is 5.32 Å². The van der Waals surface area contributed by atoms with Crippen molar-refractivity contribution in [1.29, 1.82) is 0 Å². The second-order valence-corrected chi connectivity index (χ2v) is 6.95. The second kappa shape index (κ2) is 6.06. The third-order valence-corrected chi connectivity index (χ3v) is 4.80. The minimum absolute atomic E-state index is 0.126. The second-order valence-electron chi connectivity index (χ2n) is 4.97. The summed E-state index contributed by atoms with van der Waals surface area (Å²) in [4.78, 5) is 13.6. The molecule has 0 saturated carbocycles. The predicted molar refractivity (Wildman–Crippen MR) is 70.4 cm³/mol. The Hall–Kier alpha value is -0.860. The molecule has 0 radical (unpaired) electrons. The minimum Gasteiger partial charge on any atom is -0.376 e. The van der Waals surface area contributed by atoms with E-state index in [1.54, 1.807) is 4.90 Å². The molecule has 2 aliphatic rings. The maximum atomic E-state index is 11.9. The predicted octanol–water partition coefficient (Wildman–Crippen LogP) is -0.548. The van der Waals surface area contributed by atoms with Crippen molar-refractivity contribution in [3.8, 4) is 0 Å². The van der Waals surface area contributed by atoms with E-state index >= 15 is 0 Å².